The normalized spacial score (nSPS) is 15.5. The predicted octanol–water partition coefficient (Wildman–Crippen LogP) is 3.58. The second-order valence-corrected chi connectivity index (χ2v) is 10.0. The fraction of sp³-hybridized carbons (Fsp3) is 0.435. The molecule has 0 radical (unpaired) electrons. The Bertz CT molecular complexity index is 1020. The van der Waals surface area contributed by atoms with E-state index in [1.54, 1.807) is 36.3 Å². The lowest BCUT2D eigenvalue weighted by atomic mass is 9.95. The summed E-state index contributed by atoms with van der Waals surface area (Å²) in [6, 6.07) is 10.7. The van der Waals surface area contributed by atoms with Crippen molar-refractivity contribution in [3.8, 4) is 5.75 Å². The predicted molar refractivity (Wildman–Crippen MR) is 118 cm³/mol. The molecule has 0 spiro atoms. The van der Waals surface area contributed by atoms with E-state index in [1.807, 2.05) is 26.0 Å². The van der Waals surface area contributed by atoms with Crippen molar-refractivity contribution in [3.05, 3.63) is 58.7 Å². The van der Waals surface area contributed by atoms with Crippen LogP contribution in [0.3, 0.4) is 0 Å². The number of piperazine rings is 1. The Hall–Kier alpha value is -2.38. The molecule has 162 valence electrons. The van der Waals surface area contributed by atoms with Crippen molar-refractivity contribution in [3.63, 3.8) is 0 Å². The minimum atomic E-state index is -3.55. The third-order valence-electron chi connectivity index (χ3n) is 5.61. The van der Waals surface area contributed by atoms with Gasteiger partial charge in [-0.3, -0.25) is 4.79 Å². The summed E-state index contributed by atoms with van der Waals surface area (Å²) in [7, 11) is -1.91. The summed E-state index contributed by atoms with van der Waals surface area (Å²) in [5.41, 5.74) is 3.51. The molecule has 0 bridgehead atoms. The van der Waals surface area contributed by atoms with Crippen molar-refractivity contribution in [1.82, 2.24) is 9.21 Å². The van der Waals surface area contributed by atoms with Gasteiger partial charge in [-0.2, -0.15) is 4.31 Å². The van der Waals surface area contributed by atoms with Crippen LogP contribution in [0.2, 0.25) is 0 Å². The number of sulfonamides is 1. The van der Waals surface area contributed by atoms with E-state index < -0.39 is 10.0 Å². The Labute approximate surface area is 179 Å². The molecule has 3 rings (SSSR count). The summed E-state index contributed by atoms with van der Waals surface area (Å²) in [5, 5.41) is 0. The SMILES string of the molecule is COc1cc(C)c(C(=O)N2CCN(S(=O)(=O)c3ccc(C)cc3)CC2)cc1C(C)C. The maximum Gasteiger partial charge on any atom is 0.254 e. The molecule has 0 atom stereocenters. The van der Waals surface area contributed by atoms with Crippen LogP contribution in [-0.2, 0) is 10.0 Å². The van der Waals surface area contributed by atoms with Crippen LogP contribution in [-0.4, -0.2) is 56.8 Å². The van der Waals surface area contributed by atoms with Gasteiger partial charge in [-0.15, -0.1) is 0 Å². The van der Waals surface area contributed by atoms with Crippen LogP contribution >= 0.6 is 0 Å². The first-order valence-electron chi connectivity index (χ1n) is 10.2. The fourth-order valence-electron chi connectivity index (χ4n) is 3.72. The summed E-state index contributed by atoms with van der Waals surface area (Å²) >= 11 is 0. The van der Waals surface area contributed by atoms with E-state index in [0.717, 1.165) is 22.4 Å². The molecule has 2 aromatic rings. The maximum atomic E-state index is 13.2. The number of hydrogen-bond acceptors (Lipinski definition) is 4. The lowest BCUT2D eigenvalue weighted by molar-refractivity contribution is 0.0697. The van der Waals surface area contributed by atoms with Gasteiger partial charge >= 0.3 is 0 Å². The largest absolute Gasteiger partial charge is 0.496 e. The standard InChI is InChI=1S/C23H30N2O4S/c1-16(2)20-15-21(18(4)14-22(20)29-5)23(26)24-10-12-25(13-11-24)30(27,28)19-8-6-17(3)7-9-19/h6-9,14-16H,10-13H2,1-5H3. The molecule has 1 aliphatic rings. The van der Waals surface area contributed by atoms with Gasteiger partial charge in [0.2, 0.25) is 10.0 Å². The quantitative estimate of drug-likeness (QED) is 0.727. The van der Waals surface area contributed by atoms with Gasteiger partial charge in [0.25, 0.3) is 5.91 Å². The second-order valence-electron chi connectivity index (χ2n) is 8.07. The number of methoxy groups -OCH3 is 1. The Kier molecular flexibility index (Phi) is 6.53. The lowest BCUT2D eigenvalue weighted by Crippen LogP contribution is -2.50. The van der Waals surface area contributed by atoms with E-state index in [2.05, 4.69) is 13.8 Å². The zero-order valence-corrected chi connectivity index (χ0v) is 19.1. The molecule has 6 nitrogen and oxygen atoms in total. The monoisotopic (exact) mass is 430 g/mol. The highest BCUT2D eigenvalue weighted by Crippen LogP contribution is 2.30. The van der Waals surface area contributed by atoms with Crippen LogP contribution in [0.4, 0.5) is 0 Å². The molecule has 1 fully saturated rings. The minimum absolute atomic E-state index is 0.0653. The molecule has 30 heavy (non-hydrogen) atoms. The van der Waals surface area contributed by atoms with E-state index in [9.17, 15) is 13.2 Å². The van der Waals surface area contributed by atoms with Crippen LogP contribution in [0.15, 0.2) is 41.3 Å². The summed E-state index contributed by atoms with van der Waals surface area (Å²) in [5.74, 6) is 0.945. The molecule has 0 N–H and O–H groups in total. The van der Waals surface area contributed by atoms with Crippen molar-refractivity contribution >= 4 is 15.9 Å². The highest BCUT2D eigenvalue weighted by molar-refractivity contribution is 7.89. The molecule has 0 saturated carbocycles. The Balaban J connectivity index is 1.76. The van der Waals surface area contributed by atoms with Gasteiger partial charge in [0, 0.05) is 31.7 Å². The van der Waals surface area contributed by atoms with Gasteiger partial charge < -0.3 is 9.64 Å². The van der Waals surface area contributed by atoms with E-state index in [0.29, 0.717) is 23.5 Å². The van der Waals surface area contributed by atoms with Gasteiger partial charge in [-0.1, -0.05) is 31.5 Å². The zero-order chi connectivity index (χ0) is 22.1. The van der Waals surface area contributed by atoms with Crippen molar-refractivity contribution in [2.45, 2.75) is 38.5 Å². The number of nitrogens with zero attached hydrogens (tertiary/aromatic N) is 2. The second kappa shape index (κ2) is 8.78. The van der Waals surface area contributed by atoms with Crippen molar-refractivity contribution in [2.75, 3.05) is 33.3 Å². The van der Waals surface area contributed by atoms with Gasteiger partial charge in [0.05, 0.1) is 12.0 Å². The van der Waals surface area contributed by atoms with Gasteiger partial charge in [-0.05, 0) is 55.2 Å². The molecular weight excluding hydrogens is 400 g/mol. The summed E-state index contributed by atoms with van der Waals surface area (Å²) in [4.78, 5) is 15.2. The van der Waals surface area contributed by atoms with Crippen LogP contribution in [0, 0.1) is 13.8 Å². The van der Waals surface area contributed by atoms with E-state index >= 15 is 0 Å². The smallest absolute Gasteiger partial charge is 0.254 e. The third kappa shape index (κ3) is 4.37. The summed E-state index contributed by atoms with van der Waals surface area (Å²) < 4.78 is 32.7. The van der Waals surface area contributed by atoms with Crippen molar-refractivity contribution in [2.24, 2.45) is 0 Å². The third-order valence-corrected chi connectivity index (χ3v) is 7.53. The first-order valence-corrected chi connectivity index (χ1v) is 11.6. The lowest BCUT2D eigenvalue weighted by Gasteiger charge is -2.34. The van der Waals surface area contributed by atoms with Crippen LogP contribution in [0.25, 0.3) is 0 Å². The number of carbonyl (C=O) groups is 1. The molecule has 1 heterocycles. The van der Waals surface area contributed by atoms with Crippen LogP contribution in [0.1, 0.15) is 46.8 Å². The average molecular weight is 431 g/mol. The zero-order valence-electron chi connectivity index (χ0n) is 18.3. The highest BCUT2D eigenvalue weighted by Gasteiger charge is 2.31. The molecule has 7 heteroatoms. The number of benzene rings is 2. The molecule has 1 aliphatic heterocycles. The average Bonchev–Trinajstić information content (AvgIpc) is 2.73. The number of amides is 1. The number of ether oxygens (including phenoxy) is 1. The van der Waals surface area contributed by atoms with Gasteiger partial charge in [0.1, 0.15) is 5.75 Å². The van der Waals surface area contributed by atoms with Gasteiger partial charge in [0.15, 0.2) is 0 Å². The van der Waals surface area contributed by atoms with Crippen molar-refractivity contribution in [1.29, 1.82) is 0 Å². The molecular formula is C23H30N2O4S. The molecule has 1 amide bonds. The minimum Gasteiger partial charge on any atom is -0.496 e. The molecule has 0 unspecified atom stereocenters. The first-order chi connectivity index (χ1) is 14.1. The number of rotatable bonds is 5. The molecule has 2 aromatic carbocycles. The molecule has 0 aromatic heterocycles. The maximum absolute atomic E-state index is 13.2. The molecule has 0 aliphatic carbocycles. The highest BCUT2D eigenvalue weighted by atomic mass is 32.2. The molecule has 1 saturated heterocycles. The van der Waals surface area contributed by atoms with E-state index in [4.69, 9.17) is 4.74 Å². The Morgan fingerprint density at radius 2 is 1.60 bits per heavy atom. The Morgan fingerprint density at radius 3 is 2.13 bits per heavy atom. The number of aryl methyl sites for hydroxylation is 2. The van der Waals surface area contributed by atoms with Gasteiger partial charge in [-0.25, -0.2) is 8.42 Å². The van der Waals surface area contributed by atoms with Crippen LogP contribution in [0.5, 0.6) is 5.75 Å². The van der Waals surface area contributed by atoms with Crippen LogP contribution < -0.4 is 4.74 Å². The summed E-state index contributed by atoms with van der Waals surface area (Å²) in [6.45, 7) is 9.26. The van der Waals surface area contributed by atoms with E-state index in [-0.39, 0.29) is 24.9 Å². The van der Waals surface area contributed by atoms with E-state index in [1.165, 1.54) is 4.31 Å². The van der Waals surface area contributed by atoms with Crippen molar-refractivity contribution < 1.29 is 17.9 Å². The topological polar surface area (TPSA) is 66.9 Å². The Morgan fingerprint density at radius 1 is 1.00 bits per heavy atom. The fourth-order valence-corrected chi connectivity index (χ4v) is 5.14. The number of hydrogen-bond donors (Lipinski definition) is 0. The number of carbonyl (C=O) groups excluding carboxylic acids is 1. The first kappa shape index (κ1) is 22.3. The summed E-state index contributed by atoms with van der Waals surface area (Å²) in [6.07, 6.45) is 0.